The second-order valence-corrected chi connectivity index (χ2v) is 4.10. The van der Waals surface area contributed by atoms with Crippen LogP contribution in [0.15, 0.2) is 48.5 Å². The Morgan fingerprint density at radius 2 is 1.82 bits per heavy atom. The van der Waals surface area contributed by atoms with Crippen LogP contribution in [0.1, 0.15) is 24.5 Å². The summed E-state index contributed by atoms with van der Waals surface area (Å²) in [4.78, 5) is 0. The van der Waals surface area contributed by atoms with Crippen molar-refractivity contribution in [3.05, 3.63) is 59.7 Å². The number of aryl methyl sites for hydroxylation is 1. The number of nitriles is 1. The van der Waals surface area contributed by atoms with Gasteiger partial charge in [-0.1, -0.05) is 49.7 Å². The van der Waals surface area contributed by atoms with Gasteiger partial charge in [0.1, 0.15) is 0 Å². The fraction of sp³-hybridized carbons (Fsp3) is 0.188. The average molecular weight is 221 g/mol. The molecule has 0 bridgehead atoms. The molecule has 1 nitrogen and oxygen atoms in total. The van der Waals surface area contributed by atoms with Crippen molar-refractivity contribution in [2.75, 3.05) is 0 Å². The summed E-state index contributed by atoms with van der Waals surface area (Å²) >= 11 is 0. The lowest BCUT2D eigenvalue weighted by atomic mass is 9.95. The summed E-state index contributed by atoms with van der Waals surface area (Å²) in [6, 6.07) is 18.5. The van der Waals surface area contributed by atoms with Gasteiger partial charge in [0.15, 0.2) is 0 Å². The van der Waals surface area contributed by atoms with E-state index in [2.05, 4.69) is 31.2 Å². The Morgan fingerprint density at radius 3 is 2.47 bits per heavy atom. The van der Waals surface area contributed by atoms with Crippen LogP contribution in [0.2, 0.25) is 0 Å². The zero-order valence-electron chi connectivity index (χ0n) is 9.98. The molecule has 0 atom stereocenters. The molecular weight excluding hydrogens is 206 g/mol. The van der Waals surface area contributed by atoms with Crippen LogP contribution in [0.3, 0.4) is 0 Å². The zero-order valence-corrected chi connectivity index (χ0v) is 9.98. The topological polar surface area (TPSA) is 23.8 Å². The molecule has 0 spiro atoms. The summed E-state index contributed by atoms with van der Waals surface area (Å²) < 4.78 is 0. The highest BCUT2D eigenvalue weighted by molar-refractivity contribution is 5.68. The minimum absolute atomic E-state index is 0.744. The van der Waals surface area contributed by atoms with Crippen molar-refractivity contribution in [2.45, 2.75) is 19.8 Å². The maximum Gasteiger partial charge on any atom is 0.0991 e. The number of hydrogen-bond acceptors (Lipinski definition) is 1. The molecule has 0 unspecified atom stereocenters. The largest absolute Gasteiger partial charge is 0.192 e. The van der Waals surface area contributed by atoms with Crippen molar-refractivity contribution in [3.63, 3.8) is 0 Å². The molecule has 0 N–H and O–H groups in total. The molecule has 0 aliphatic rings. The highest BCUT2D eigenvalue weighted by Gasteiger charge is 2.05. The third-order valence-corrected chi connectivity index (χ3v) is 2.84. The zero-order chi connectivity index (χ0) is 12.1. The van der Waals surface area contributed by atoms with E-state index in [1.807, 2.05) is 30.3 Å². The standard InChI is InChI=1S/C16H15N/c1-2-6-15-11-13(12-17)9-10-16(15)14-7-4-3-5-8-14/h3-5,7-11H,2,6H2,1H3. The highest BCUT2D eigenvalue weighted by Crippen LogP contribution is 2.25. The van der Waals surface area contributed by atoms with Gasteiger partial charge >= 0.3 is 0 Å². The monoisotopic (exact) mass is 221 g/mol. The third kappa shape index (κ3) is 2.54. The number of rotatable bonds is 3. The maximum atomic E-state index is 8.94. The Hall–Kier alpha value is -2.07. The van der Waals surface area contributed by atoms with Crippen LogP contribution in [0.5, 0.6) is 0 Å². The molecule has 84 valence electrons. The maximum absolute atomic E-state index is 8.94. The van der Waals surface area contributed by atoms with E-state index in [1.165, 1.54) is 16.7 Å². The molecule has 2 aromatic carbocycles. The summed E-state index contributed by atoms with van der Waals surface area (Å²) in [6.07, 6.45) is 2.11. The normalized spacial score (nSPS) is 9.88. The summed E-state index contributed by atoms with van der Waals surface area (Å²) in [5.74, 6) is 0. The van der Waals surface area contributed by atoms with Gasteiger partial charge in [-0.15, -0.1) is 0 Å². The van der Waals surface area contributed by atoms with E-state index >= 15 is 0 Å². The molecule has 0 aromatic heterocycles. The second kappa shape index (κ2) is 5.32. The van der Waals surface area contributed by atoms with Crippen molar-refractivity contribution < 1.29 is 0 Å². The van der Waals surface area contributed by atoms with Gasteiger partial charge < -0.3 is 0 Å². The molecule has 0 aliphatic heterocycles. The summed E-state index contributed by atoms with van der Waals surface area (Å²) in [6.45, 7) is 2.16. The Kier molecular flexibility index (Phi) is 3.57. The van der Waals surface area contributed by atoms with Crippen LogP contribution < -0.4 is 0 Å². The van der Waals surface area contributed by atoms with Crippen LogP contribution in [-0.4, -0.2) is 0 Å². The lowest BCUT2D eigenvalue weighted by Gasteiger charge is -2.09. The van der Waals surface area contributed by atoms with E-state index in [1.54, 1.807) is 0 Å². The lowest BCUT2D eigenvalue weighted by molar-refractivity contribution is 0.923. The highest BCUT2D eigenvalue weighted by atomic mass is 14.2. The van der Waals surface area contributed by atoms with Crippen LogP contribution in [0.4, 0.5) is 0 Å². The van der Waals surface area contributed by atoms with E-state index in [0.29, 0.717) is 0 Å². The van der Waals surface area contributed by atoms with Gasteiger partial charge in [0, 0.05) is 0 Å². The number of benzene rings is 2. The Morgan fingerprint density at radius 1 is 1.06 bits per heavy atom. The third-order valence-electron chi connectivity index (χ3n) is 2.84. The first-order valence-corrected chi connectivity index (χ1v) is 5.93. The van der Waals surface area contributed by atoms with E-state index in [0.717, 1.165) is 18.4 Å². The van der Waals surface area contributed by atoms with Crippen LogP contribution in [0, 0.1) is 11.3 Å². The van der Waals surface area contributed by atoms with Gasteiger partial charge in [-0.2, -0.15) is 5.26 Å². The quantitative estimate of drug-likeness (QED) is 0.762. The van der Waals surface area contributed by atoms with Gasteiger partial charge in [-0.3, -0.25) is 0 Å². The Labute approximate surface area is 102 Å². The van der Waals surface area contributed by atoms with E-state index < -0.39 is 0 Å². The average Bonchev–Trinajstić information content (AvgIpc) is 2.40. The lowest BCUT2D eigenvalue weighted by Crippen LogP contribution is -1.91. The van der Waals surface area contributed by atoms with Crippen molar-refractivity contribution in [1.82, 2.24) is 0 Å². The van der Waals surface area contributed by atoms with Crippen LogP contribution in [0.25, 0.3) is 11.1 Å². The summed E-state index contributed by atoms with van der Waals surface area (Å²) in [7, 11) is 0. The molecule has 0 saturated carbocycles. The summed E-state index contributed by atoms with van der Waals surface area (Å²) in [5.41, 5.74) is 4.47. The molecule has 0 saturated heterocycles. The van der Waals surface area contributed by atoms with Crippen LogP contribution >= 0.6 is 0 Å². The smallest absolute Gasteiger partial charge is 0.0991 e. The number of hydrogen-bond donors (Lipinski definition) is 0. The molecule has 0 aliphatic carbocycles. The summed E-state index contributed by atoms with van der Waals surface area (Å²) in [5, 5.41) is 8.94. The van der Waals surface area contributed by atoms with Gasteiger partial charge in [0.05, 0.1) is 11.6 Å². The Bertz CT molecular complexity index is 535. The van der Waals surface area contributed by atoms with E-state index in [9.17, 15) is 0 Å². The predicted octanol–water partition coefficient (Wildman–Crippen LogP) is 4.18. The minimum Gasteiger partial charge on any atom is -0.192 e. The molecule has 2 aromatic rings. The van der Waals surface area contributed by atoms with Crippen molar-refractivity contribution in [3.8, 4) is 17.2 Å². The fourth-order valence-electron chi connectivity index (χ4n) is 2.04. The van der Waals surface area contributed by atoms with Gasteiger partial charge in [0.25, 0.3) is 0 Å². The predicted molar refractivity (Wildman–Crippen MR) is 70.6 cm³/mol. The molecule has 0 heterocycles. The molecule has 0 amide bonds. The first-order valence-electron chi connectivity index (χ1n) is 5.93. The van der Waals surface area contributed by atoms with Gasteiger partial charge in [0.2, 0.25) is 0 Å². The fourth-order valence-corrected chi connectivity index (χ4v) is 2.04. The van der Waals surface area contributed by atoms with Gasteiger partial charge in [-0.05, 0) is 35.2 Å². The van der Waals surface area contributed by atoms with Gasteiger partial charge in [-0.25, -0.2) is 0 Å². The number of nitrogens with zero attached hydrogens (tertiary/aromatic N) is 1. The molecule has 2 rings (SSSR count). The van der Waals surface area contributed by atoms with Crippen molar-refractivity contribution in [2.24, 2.45) is 0 Å². The minimum atomic E-state index is 0.744. The van der Waals surface area contributed by atoms with E-state index in [-0.39, 0.29) is 0 Å². The van der Waals surface area contributed by atoms with Crippen molar-refractivity contribution >= 4 is 0 Å². The Balaban J connectivity index is 2.50. The van der Waals surface area contributed by atoms with Crippen molar-refractivity contribution in [1.29, 1.82) is 5.26 Å². The molecule has 1 heteroatoms. The van der Waals surface area contributed by atoms with Crippen LogP contribution in [-0.2, 0) is 6.42 Å². The second-order valence-electron chi connectivity index (χ2n) is 4.10. The first-order chi connectivity index (χ1) is 8.35. The SMILES string of the molecule is CCCc1cc(C#N)ccc1-c1ccccc1. The molecule has 0 fully saturated rings. The van der Waals surface area contributed by atoms with E-state index in [4.69, 9.17) is 5.26 Å². The molecule has 0 radical (unpaired) electrons. The molecule has 17 heavy (non-hydrogen) atoms. The molecular formula is C16H15N. The first kappa shape index (κ1) is 11.4.